The van der Waals surface area contributed by atoms with Crippen molar-refractivity contribution in [3.8, 4) is 5.75 Å². The summed E-state index contributed by atoms with van der Waals surface area (Å²) in [4.78, 5) is 24.4. The highest BCUT2D eigenvalue weighted by Gasteiger charge is 2.31. The van der Waals surface area contributed by atoms with Gasteiger partial charge in [0.2, 0.25) is 5.91 Å². The van der Waals surface area contributed by atoms with Gasteiger partial charge in [-0.3, -0.25) is 9.59 Å². The number of amides is 1. The Bertz CT molecular complexity index is 605. The number of carbonyl (C=O) groups excluding carboxylic acids is 1. The van der Waals surface area contributed by atoms with E-state index >= 15 is 0 Å². The summed E-state index contributed by atoms with van der Waals surface area (Å²) in [5.41, 5.74) is 1.11. The zero-order chi connectivity index (χ0) is 15.7. The van der Waals surface area contributed by atoms with Gasteiger partial charge in [-0.05, 0) is 11.6 Å². The fourth-order valence-corrected chi connectivity index (χ4v) is 2.84. The third-order valence-electron chi connectivity index (χ3n) is 3.56. The molecule has 0 aliphatic carbocycles. The second kappa shape index (κ2) is 6.01. The Labute approximate surface area is 129 Å². The summed E-state index contributed by atoms with van der Waals surface area (Å²) in [5, 5.41) is 8.85. The van der Waals surface area contributed by atoms with Gasteiger partial charge in [0.05, 0.1) is 13.0 Å². The second-order valence-electron chi connectivity index (χ2n) is 5.02. The number of carboxylic acids is 1. The minimum atomic E-state index is -1.02. The minimum Gasteiger partial charge on any atom is -0.494 e. The first-order valence-corrected chi connectivity index (χ1v) is 7.18. The highest BCUT2D eigenvalue weighted by molar-refractivity contribution is 9.10. The summed E-state index contributed by atoms with van der Waals surface area (Å²) in [6.07, 6.45) is -0.0975. The van der Waals surface area contributed by atoms with Crippen LogP contribution in [0, 0.1) is 11.7 Å². The lowest BCUT2D eigenvalue weighted by molar-refractivity contribution is -0.145. The topological polar surface area (TPSA) is 66.8 Å². The zero-order valence-corrected chi connectivity index (χ0v) is 13.2. The van der Waals surface area contributed by atoms with Crippen molar-refractivity contribution >= 4 is 27.8 Å². The van der Waals surface area contributed by atoms with Gasteiger partial charge < -0.3 is 14.7 Å². The first kappa shape index (κ1) is 15.8. The van der Waals surface area contributed by atoms with Gasteiger partial charge in [-0.25, -0.2) is 4.39 Å². The fraction of sp³-hybridized carbons (Fsp3) is 0.429. The molecule has 0 fully saturated rings. The zero-order valence-electron chi connectivity index (χ0n) is 11.7. The van der Waals surface area contributed by atoms with Crippen LogP contribution in [0.2, 0.25) is 0 Å². The van der Waals surface area contributed by atoms with Crippen molar-refractivity contribution in [2.45, 2.75) is 26.4 Å². The van der Waals surface area contributed by atoms with E-state index in [9.17, 15) is 14.0 Å². The molecule has 114 valence electrons. The van der Waals surface area contributed by atoms with Gasteiger partial charge in [-0.15, -0.1) is 0 Å². The summed E-state index contributed by atoms with van der Waals surface area (Å²) in [6.45, 7) is 1.87. The van der Waals surface area contributed by atoms with Gasteiger partial charge in [0.1, 0.15) is 0 Å². The normalized spacial score (nSPS) is 14.8. The van der Waals surface area contributed by atoms with E-state index in [-0.39, 0.29) is 31.2 Å². The van der Waals surface area contributed by atoms with Gasteiger partial charge in [0.15, 0.2) is 11.6 Å². The lowest BCUT2D eigenvalue weighted by Gasteiger charge is -2.16. The number of hydrogen-bond donors (Lipinski definition) is 1. The van der Waals surface area contributed by atoms with Crippen molar-refractivity contribution in [3.63, 3.8) is 0 Å². The smallest absolute Gasteiger partial charge is 0.306 e. The van der Waals surface area contributed by atoms with E-state index in [1.807, 2.05) is 0 Å². The number of halogens is 2. The number of rotatable bonds is 4. The molecular formula is C14H15BrFNO4. The van der Waals surface area contributed by atoms with E-state index in [0.29, 0.717) is 15.6 Å². The predicted molar refractivity (Wildman–Crippen MR) is 76.3 cm³/mol. The SMILES string of the molecule is COc1cc(Br)c2c(c1F)CN(C(=O)C[C@H](C)C(=O)O)C2. The first-order chi connectivity index (χ1) is 9.85. The summed E-state index contributed by atoms with van der Waals surface area (Å²) in [5.74, 6) is -2.43. The van der Waals surface area contributed by atoms with Crippen LogP contribution < -0.4 is 4.74 Å². The van der Waals surface area contributed by atoms with Crippen molar-refractivity contribution in [3.05, 3.63) is 27.5 Å². The molecule has 1 aliphatic rings. The third kappa shape index (κ3) is 3.02. The number of carbonyl (C=O) groups is 2. The van der Waals surface area contributed by atoms with Gasteiger partial charge >= 0.3 is 5.97 Å². The Hall–Kier alpha value is -1.63. The molecule has 0 saturated heterocycles. The minimum absolute atomic E-state index is 0.0975. The summed E-state index contributed by atoms with van der Waals surface area (Å²) < 4.78 is 19.8. The van der Waals surface area contributed by atoms with Gasteiger partial charge in [-0.2, -0.15) is 0 Å². The first-order valence-electron chi connectivity index (χ1n) is 6.39. The van der Waals surface area contributed by atoms with Crippen molar-refractivity contribution in [1.29, 1.82) is 0 Å². The molecule has 21 heavy (non-hydrogen) atoms. The van der Waals surface area contributed by atoms with Crippen molar-refractivity contribution in [2.75, 3.05) is 7.11 Å². The molecule has 7 heteroatoms. The summed E-state index contributed by atoms with van der Waals surface area (Å²) >= 11 is 3.35. The fourth-order valence-electron chi connectivity index (χ4n) is 2.27. The maximum atomic E-state index is 14.2. The Morgan fingerprint density at radius 3 is 2.67 bits per heavy atom. The molecule has 0 radical (unpaired) electrons. The van der Waals surface area contributed by atoms with E-state index in [1.165, 1.54) is 25.0 Å². The Morgan fingerprint density at radius 1 is 1.48 bits per heavy atom. The van der Waals surface area contributed by atoms with Crippen LogP contribution in [0.4, 0.5) is 4.39 Å². The van der Waals surface area contributed by atoms with E-state index in [1.54, 1.807) is 0 Å². The summed E-state index contributed by atoms with van der Waals surface area (Å²) in [7, 11) is 1.38. The molecule has 5 nitrogen and oxygen atoms in total. The quantitative estimate of drug-likeness (QED) is 0.896. The maximum Gasteiger partial charge on any atom is 0.306 e. The number of hydrogen-bond acceptors (Lipinski definition) is 3. The molecule has 0 spiro atoms. The van der Waals surface area contributed by atoms with E-state index < -0.39 is 17.7 Å². The van der Waals surface area contributed by atoms with Gasteiger partial charge in [0, 0.05) is 29.5 Å². The van der Waals surface area contributed by atoms with Gasteiger partial charge in [-0.1, -0.05) is 22.9 Å². The van der Waals surface area contributed by atoms with E-state index in [0.717, 1.165) is 0 Å². The van der Waals surface area contributed by atoms with Crippen LogP contribution in [0.15, 0.2) is 10.5 Å². The molecule has 1 aromatic rings. The molecule has 1 N–H and O–H groups in total. The Balaban J connectivity index is 2.20. The number of aliphatic carboxylic acids is 1. The van der Waals surface area contributed by atoms with Crippen molar-refractivity contribution in [2.24, 2.45) is 5.92 Å². The van der Waals surface area contributed by atoms with E-state index in [4.69, 9.17) is 9.84 Å². The van der Waals surface area contributed by atoms with Crippen LogP contribution in [-0.2, 0) is 22.7 Å². The molecule has 1 aliphatic heterocycles. The number of fused-ring (bicyclic) bond motifs is 1. The molecule has 2 rings (SSSR count). The van der Waals surface area contributed by atoms with Crippen LogP contribution in [0.25, 0.3) is 0 Å². The monoisotopic (exact) mass is 359 g/mol. The van der Waals surface area contributed by atoms with Crippen LogP contribution in [0.3, 0.4) is 0 Å². The van der Waals surface area contributed by atoms with Crippen LogP contribution in [0.5, 0.6) is 5.75 Å². The molecule has 0 saturated carbocycles. The maximum absolute atomic E-state index is 14.2. The molecule has 1 atom stereocenters. The predicted octanol–water partition coefficient (Wildman–Crippen LogP) is 2.55. The number of ether oxygens (including phenoxy) is 1. The molecule has 1 heterocycles. The summed E-state index contributed by atoms with van der Waals surface area (Å²) in [6, 6.07) is 1.53. The lowest BCUT2D eigenvalue weighted by atomic mass is 10.1. The molecule has 1 amide bonds. The number of carboxylic acid groups (broad SMARTS) is 1. The third-order valence-corrected chi connectivity index (χ3v) is 4.27. The molecular weight excluding hydrogens is 345 g/mol. The molecule has 0 unspecified atom stereocenters. The lowest BCUT2D eigenvalue weighted by Crippen LogP contribution is -2.28. The number of benzene rings is 1. The average molecular weight is 360 g/mol. The Kier molecular flexibility index (Phi) is 4.51. The Morgan fingerprint density at radius 2 is 2.10 bits per heavy atom. The second-order valence-corrected chi connectivity index (χ2v) is 5.88. The van der Waals surface area contributed by atoms with Crippen molar-refractivity contribution in [1.82, 2.24) is 4.90 Å². The van der Waals surface area contributed by atoms with Gasteiger partial charge in [0.25, 0.3) is 0 Å². The molecule has 1 aromatic carbocycles. The van der Waals surface area contributed by atoms with Crippen molar-refractivity contribution < 1.29 is 23.8 Å². The number of methoxy groups -OCH3 is 1. The highest BCUT2D eigenvalue weighted by Crippen LogP contribution is 2.36. The average Bonchev–Trinajstić information content (AvgIpc) is 2.88. The van der Waals surface area contributed by atoms with Crippen LogP contribution in [-0.4, -0.2) is 29.0 Å². The standard InChI is InChI=1S/C14H15BrFNO4/c1-7(14(19)20)3-12(18)17-5-8-9(6-17)13(16)11(21-2)4-10(8)15/h4,7H,3,5-6H2,1-2H3,(H,19,20)/t7-/m0/s1. The molecule has 0 aromatic heterocycles. The molecule has 0 bridgehead atoms. The number of nitrogens with zero attached hydrogens (tertiary/aromatic N) is 1. The largest absolute Gasteiger partial charge is 0.494 e. The van der Waals surface area contributed by atoms with E-state index in [2.05, 4.69) is 15.9 Å². The van der Waals surface area contributed by atoms with Crippen LogP contribution >= 0.6 is 15.9 Å². The highest BCUT2D eigenvalue weighted by atomic mass is 79.9. The van der Waals surface area contributed by atoms with Crippen LogP contribution in [0.1, 0.15) is 24.5 Å².